The number of amides is 1. The second-order valence-corrected chi connectivity index (χ2v) is 10.8. The van der Waals surface area contributed by atoms with Gasteiger partial charge in [0.1, 0.15) is 16.7 Å². The lowest BCUT2D eigenvalue weighted by Crippen LogP contribution is -2.28. The summed E-state index contributed by atoms with van der Waals surface area (Å²) in [5.41, 5.74) is 5.44. The van der Waals surface area contributed by atoms with E-state index in [1.807, 2.05) is 32.0 Å². The van der Waals surface area contributed by atoms with Crippen molar-refractivity contribution in [2.45, 2.75) is 56.9 Å². The average Bonchev–Trinajstić information content (AvgIpc) is 3.63. The monoisotopic (exact) mass is 469 g/mol. The minimum Gasteiger partial charge on any atom is -0.497 e. The number of ether oxygens (including phenoxy) is 1. The molecule has 0 radical (unpaired) electrons. The fourth-order valence-corrected chi connectivity index (χ4v) is 5.89. The van der Waals surface area contributed by atoms with Gasteiger partial charge in [-0.1, -0.05) is 6.07 Å². The van der Waals surface area contributed by atoms with Gasteiger partial charge in [-0.3, -0.25) is 9.69 Å². The Morgan fingerprint density at radius 1 is 1.12 bits per heavy atom. The third kappa shape index (κ3) is 5.83. The Bertz CT molecular complexity index is 1030. The lowest BCUT2D eigenvalue weighted by Gasteiger charge is -2.19. The molecule has 1 saturated carbocycles. The second-order valence-electron chi connectivity index (χ2n) is 9.24. The van der Waals surface area contributed by atoms with Crippen LogP contribution in [0.25, 0.3) is 0 Å². The first-order chi connectivity index (χ1) is 15.9. The Kier molecular flexibility index (Phi) is 7.51. The number of carbonyl (C=O) groups is 1. The van der Waals surface area contributed by atoms with Crippen molar-refractivity contribution < 1.29 is 13.7 Å². The van der Waals surface area contributed by atoms with Crippen LogP contribution in [0.3, 0.4) is 0 Å². The predicted molar refractivity (Wildman–Crippen MR) is 133 cm³/mol. The number of carbonyl (C=O) groups excluding carboxylic acids is 1. The Balaban J connectivity index is 1.32. The molecule has 1 aliphatic carbocycles. The van der Waals surface area contributed by atoms with Crippen LogP contribution >= 0.6 is 0 Å². The summed E-state index contributed by atoms with van der Waals surface area (Å²) >= 11 is 0. The maximum absolute atomic E-state index is 13.1. The number of hydrogen-bond donors (Lipinski definition) is 1. The van der Waals surface area contributed by atoms with Crippen molar-refractivity contribution in [1.82, 2.24) is 9.21 Å². The van der Waals surface area contributed by atoms with Crippen molar-refractivity contribution in [1.29, 1.82) is 0 Å². The summed E-state index contributed by atoms with van der Waals surface area (Å²) in [6.45, 7) is 6.53. The summed E-state index contributed by atoms with van der Waals surface area (Å²) in [5, 5.41) is 3.04. The van der Waals surface area contributed by atoms with Crippen LogP contribution in [0.4, 0.5) is 5.69 Å². The highest BCUT2D eigenvalue weighted by Gasteiger charge is 2.29. The Morgan fingerprint density at radius 2 is 1.79 bits per heavy atom. The van der Waals surface area contributed by atoms with Crippen LogP contribution in [0.2, 0.25) is 0 Å². The van der Waals surface area contributed by atoms with Crippen molar-refractivity contribution in [3.63, 3.8) is 0 Å². The van der Waals surface area contributed by atoms with E-state index in [0.29, 0.717) is 6.54 Å². The zero-order chi connectivity index (χ0) is 23.5. The van der Waals surface area contributed by atoms with Crippen molar-refractivity contribution in [2.75, 3.05) is 39.1 Å². The lowest BCUT2D eigenvalue weighted by molar-refractivity contribution is -0.116. The molecule has 2 aromatic carbocycles. The van der Waals surface area contributed by atoms with Gasteiger partial charge in [0, 0.05) is 44.8 Å². The van der Waals surface area contributed by atoms with Gasteiger partial charge in [-0.15, -0.1) is 0 Å². The second kappa shape index (κ2) is 10.4. The third-order valence-corrected chi connectivity index (χ3v) is 8.41. The van der Waals surface area contributed by atoms with Crippen molar-refractivity contribution in [3.05, 3.63) is 52.6 Å². The zero-order valence-corrected chi connectivity index (χ0v) is 21.0. The fourth-order valence-electron chi connectivity index (χ4n) is 4.65. The van der Waals surface area contributed by atoms with Crippen LogP contribution in [0, 0.1) is 13.8 Å². The highest BCUT2D eigenvalue weighted by atomic mass is 32.2. The number of fused-ring (bicyclic) bond motifs is 1. The SMILES string of the molecule is COc1cc(C)c(S(=O)N(C)CCC(=O)Nc2ccc3c(c2)CCN(C2CC2)CC3)c(C)c1. The van der Waals surface area contributed by atoms with E-state index >= 15 is 0 Å². The molecule has 4 rings (SSSR count). The molecule has 0 saturated heterocycles. The summed E-state index contributed by atoms with van der Waals surface area (Å²) < 4.78 is 20.1. The maximum atomic E-state index is 13.1. The summed E-state index contributed by atoms with van der Waals surface area (Å²) in [6, 6.07) is 10.9. The summed E-state index contributed by atoms with van der Waals surface area (Å²) in [4.78, 5) is 16.0. The molecule has 2 aliphatic rings. The molecule has 2 aromatic rings. The van der Waals surface area contributed by atoms with Crippen molar-refractivity contribution >= 4 is 22.6 Å². The van der Waals surface area contributed by atoms with Crippen molar-refractivity contribution in [3.8, 4) is 5.75 Å². The molecule has 1 heterocycles. The Morgan fingerprint density at radius 3 is 2.42 bits per heavy atom. The first kappa shape index (κ1) is 23.9. The number of aryl methyl sites for hydroxylation is 2. The van der Waals surface area contributed by atoms with Crippen LogP contribution in [0.5, 0.6) is 5.75 Å². The van der Waals surface area contributed by atoms with Gasteiger partial charge < -0.3 is 10.1 Å². The number of nitrogens with one attached hydrogen (secondary N) is 1. The molecule has 6 nitrogen and oxygen atoms in total. The highest BCUT2D eigenvalue weighted by Crippen LogP contribution is 2.30. The minimum absolute atomic E-state index is 0.0600. The van der Waals surface area contributed by atoms with E-state index in [-0.39, 0.29) is 12.3 Å². The normalized spacial score (nSPS) is 17.4. The molecule has 178 valence electrons. The zero-order valence-electron chi connectivity index (χ0n) is 20.1. The van der Waals surface area contributed by atoms with E-state index in [9.17, 15) is 9.00 Å². The number of rotatable bonds is 8. The highest BCUT2D eigenvalue weighted by molar-refractivity contribution is 7.82. The van der Waals surface area contributed by atoms with E-state index < -0.39 is 11.0 Å². The van der Waals surface area contributed by atoms with Gasteiger partial charge in [-0.25, -0.2) is 8.51 Å². The van der Waals surface area contributed by atoms with Gasteiger partial charge in [0.2, 0.25) is 5.91 Å². The molecule has 1 fully saturated rings. The number of methoxy groups -OCH3 is 1. The maximum Gasteiger partial charge on any atom is 0.225 e. The van der Waals surface area contributed by atoms with E-state index in [1.54, 1.807) is 18.5 Å². The van der Waals surface area contributed by atoms with Gasteiger partial charge in [0.25, 0.3) is 0 Å². The lowest BCUT2D eigenvalue weighted by atomic mass is 10.0. The summed E-state index contributed by atoms with van der Waals surface area (Å²) in [5.74, 6) is 0.698. The van der Waals surface area contributed by atoms with Gasteiger partial charge in [0.15, 0.2) is 0 Å². The molecule has 0 aromatic heterocycles. The first-order valence-corrected chi connectivity index (χ1v) is 12.9. The van der Waals surface area contributed by atoms with Crippen molar-refractivity contribution in [2.24, 2.45) is 0 Å². The number of benzene rings is 2. The molecule has 33 heavy (non-hydrogen) atoms. The minimum atomic E-state index is -1.34. The fraction of sp³-hybridized carbons (Fsp3) is 0.500. The van der Waals surface area contributed by atoms with Crippen LogP contribution in [0.1, 0.15) is 41.5 Å². The molecular weight excluding hydrogens is 434 g/mol. The van der Waals surface area contributed by atoms with Crippen LogP contribution < -0.4 is 10.1 Å². The standard InChI is InChI=1S/C26H35N3O3S/c1-18-15-24(32-4)16-19(2)26(18)33(31)28(3)12-11-25(30)27-22-6-5-20-9-13-29(23-7-8-23)14-10-21(20)17-22/h5-6,15-17,23H,7-14H2,1-4H3,(H,27,30). The average molecular weight is 470 g/mol. The first-order valence-electron chi connectivity index (χ1n) is 11.8. The van der Waals surface area contributed by atoms with Gasteiger partial charge >= 0.3 is 0 Å². The molecule has 1 unspecified atom stereocenters. The van der Waals surface area contributed by atoms with Crippen LogP contribution in [-0.4, -0.2) is 59.2 Å². The Labute approximate surface area is 199 Å². The van der Waals surface area contributed by atoms with E-state index in [2.05, 4.69) is 22.3 Å². The molecule has 1 amide bonds. The molecule has 7 heteroatoms. The molecule has 1 aliphatic heterocycles. The quantitative estimate of drug-likeness (QED) is 0.638. The van der Waals surface area contributed by atoms with E-state index in [4.69, 9.17) is 4.74 Å². The molecule has 0 spiro atoms. The van der Waals surface area contributed by atoms with Gasteiger partial charge in [-0.2, -0.15) is 0 Å². The summed E-state index contributed by atoms with van der Waals surface area (Å²) in [7, 11) is 2.08. The van der Waals surface area contributed by atoms with Crippen LogP contribution in [-0.2, 0) is 28.6 Å². The third-order valence-electron chi connectivity index (χ3n) is 6.67. The summed E-state index contributed by atoms with van der Waals surface area (Å²) in [6.07, 6.45) is 5.09. The largest absolute Gasteiger partial charge is 0.497 e. The van der Waals surface area contributed by atoms with E-state index in [0.717, 1.165) is 59.4 Å². The smallest absolute Gasteiger partial charge is 0.225 e. The molecule has 0 bridgehead atoms. The number of anilines is 1. The van der Waals surface area contributed by atoms with Gasteiger partial charge in [-0.05, 0) is 86.1 Å². The molecular formula is C26H35N3O3S. The molecule has 1 atom stereocenters. The predicted octanol–water partition coefficient (Wildman–Crippen LogP) is 3.86. The number of hydrogen-bond acceptors (Lipinski definition) is 4. The van der Waals surface area contributed by atoms with E-state index in [1.165, 1.54) is 24.0 Å². The van der Waals surface area contributed by atoms with Gasteiger partial charge in [0.05, 0.1) is 12.0 Å². The topological polar surface area (TPSA) is 61.9 Å². The van der Waals surface area contributed by atoms with Crippen LogP contribution in [0.15, 0.2) is 35.2 Å². The Hall–Kier alpha value is -2.22. The number of nitrogens with zero attached hydrogens (tertiary/aromatic N) is 2. The molecule has 1 N–H and O–H groups in total.